The predicted octanol–water partition coefficient (Wildman–Crippen LogP) is 3.18. The molecule has 0 saturated heterocycles. The fourth-order valence-electron chi connectivity index (χ4n) is 1.76. The van der Waals surface area contributed by atoms with E-state index >= 15 is 0 Å². The predicted molar refractivity (Wildman–Crippen MR) is 65.7 cm³/mol. The standard InChI is InChI=1S/C14H17N2/c1-11(2)10-14-8-9-15-16(14)13-6-4-12(3)5-7-13/h4-8,11H,10H2,1-3H3. The number of nitrogens with zero attached hydrogens (tertiary/aromatic N) is 2. The van der Waals surface area contributed by atoms with E-state index in [1.54, 1.807) is 0 Å². The van der Waals surface area contributed by atoms with Crippen molar-refractivity contribution in [2.75, 3.05) is 0 Å². The Morgan fingerprint density at radius 3 is 2.56 bits per heavy atom. The van der Waals surface area contributed by atoms with Gasteiger partial charge in [0.05, 0.1) is 5.69 Å². The maximum atomic E-state index is 4.26. The third-order valence-corrected chi connectivity index (χ3v) is 2.56. The molecule has 1 aromatic heterocycles. The maximum Gasteiger partial charge on any atom is 0.113 e. The number of rotatable bonds is 3. The van der Waals surface area contributed by atoms with Gasteiger partial charge in [0, 0.05) is 5.69 Å². The number of aromatic nitrogens is 2. The van der Waals surface area contributed by atoms with Crippen molar-refractivity contribution < 1.29 is 0 Å². The average Bonchev–Trinajstić information content (AvgIpc) is 2.66. The first-order valence-electron chi connectivity index (χ1n) is 5.69. The summed E-state index contributed by atoms with van der Waals surface area (Å²) >= 11 is 0. The van der Waals surface area contributed by atoms with Crippen LogP contribution < -0.4 is 0 Å². The lowest BCUT2D eigenvalue weighted by Gasteiger charge is -2.09. The zero-order chi connectivity index (χ0) is 11.5. The van der Waals surface area contributed by atoms with Gasteiger partial charge in [0.25, 0.3) is 0 Å². The number of hydrogen-bond acceptors (Lipinski definition) is 1. The van der Waals surface area contributed by atoms with Crippen molar-refractivity contribution in [1.29, 1.82) is 0 Å². The van der Waals surface area contributed by atoms with Crippen LogP contribution in [0.5, 0.6) is 0 Å². The van der Waals surface area contributed by atoms with Crippen LogP contribution >= 0.6 is 0 Å². The van der Waals surface area contributed by atoms with E-state index in [1.807, 2.05) is 10.7 Å². The van der Waals surface area contributed by atoms with Gasteiger partial charge in [-0.2, -0.15) is 5.10 Å². The number of hydrogen-bond donors (Lipinski definition) is 0. The highest BCUT2D eigenvalue weighted by Gasteiger charge is 2.06. The Morgan fingerprint density at radius 1 is 1.25 bits per heavy atom. The van der Waals surface area contributed by atoms with E-state index in [1.165, 1.54) is 11.3 Å². The second-order valence-corrected chi connectivity index (χ2v) is 4.61. The van der Waals surface area contributed by atoms with Gasteiger partial charge >= 0.3 is 0 Å². The lowest BCUT2D eigenvalue weighted by Crippen LogP contribution is -2.05. The molecule has 0 aliphatic heterocycles. The van der Waals surface area contributed by atoms with E-state index < -0.39 is 0 Å². The lowest BCUT2D eigenvalue weighted by atomic mass is 10.1. The highest BCUT2D eigenvalue weighted by atomic mass is 15.3. The first kappa shape index (κ1) is 10.9. The Balaban J connectivity index is 2.33. The molecule has 0 fully saturated rings. The monoisotopic (exact) mass is 213 g/mol. The summed E-state index contributed by atoms with van der Waals surface area (Å²) in [5.41, 5.74) is 3.60. The van der Waals surface area contributed by atoms with Crippen molar-refractivity contribution in [2.45, 2.75) is 27.2 Å². The molecule has 0 bridgehead atoms. The quantitative estimate of drug-likeness (QED) is 0.765. The zero-order valence-electron chi connectivity index (χ0n) is 10.1. The minimum atomic E-state index is 0.634. The molecule has 0 spiro atoms. The second kappa shape index (κ2) is 4.52. The summed E-state index contributed by atoms with van der Waals surface area (Å²) in [5, 5.41) is 4.26. The molecule has 1 heterocycles. The smallest absolute Gasteiger partial charge is 0.113 e. The topological polar surface area (TPSA) is 17.8 Å². The van der Waals surface area contributed by atoms with Crippen molar-refractivity contribution in [3.8, 4) is 5.69 Å². The van der Waals surface area contributed by atoms with Crippen LogP contribution in [0.4, 0.5) is 0 Å². The van der Waals surface area contributed by atoms with Crippen molar-refractivity contribution in [1.82, 2.24) is 9.78 Å². The Kier molecular flexibility index (Phi) is 3.09. The average molecular weight is 213 g/mol. The normalized spacial score (nSPS) is 11.0. The summed E-state index contributed by atoms with van der Waals surface area (Å²) in [6, 6.07) is 10.4. The van der Waals surface area contributed by atoms with E-state index in [9.17, 15) is 0 Å². The minimum Gasteiger partial charge on any atom is -0.237 e. The maximum absolute atomic E-state index is 4.26. The van der Waals surface area contributed by atoms with E-state index in [0.29, 0.717) is 5.92 Å². The van der Waals surface area contributed by atoms with Crippen LogP contribution in [0.1, 0.15) is 25.1 Å². The number of aryl methyl sites for hydroxylation is 1. The molecular formula is C14H17N2. The van der Waals surface area contributed by atoms with Crippen molar-refractivity contribution >= 4 is 0 Å². The molecule has 2 nitrogen and oxygen atoms in total. The Morgan fingerprint density at radius 2 is 1.94 bits per heavy atom. The molecule has 0 saturated carbocycles. The van der Waals surface area contributed by atoms with Crippen LogP contribution in [-0.4, -0.2) is 9.78 Å². The van der Waals surface area contributed by atoms with E-state index in [2.05, 4.69) is 56.3 Å². The minimum absolute atomic E-state index is 0.634. The molecule has 1 aromatic carbocycles. The Labute approximate surface area is 96.9 Å². The van der Waals surface area contributed by atoms with Gasteiger partial charge in [-0.25, -0.2) is 4.68 Å². The van der Waals surface area contributed by atoms with Gasteiger partial charge in [-0.1, -0.05) is 31.5 Å². The molecule has 2 rings (SSSR count). The summed E-state index contributed by atoms with van der Waals surface area (Å²) < 4.78 is 1.97. The summed E-state index contributed by atoms with van der Waals surface area (Å²) in [5.74, 6) is 0.634. The summed E-state index contributed by atoms with van der Waals surface area (Å²) in [7, 11) is 0. The van der Waals surface area contributed by atoms with Crippen LogP contribution in [0.3, 0.4) is 0 Å². The van der Waals surface area contributed by atoms with Crippen molar-refractivity contribution in [3.63, 3.8) is 0 Å². The van der Waals surface area contributed by atoms with Gasteiger partial charge in [-0.05, 0) is 37.5 Å². The van der Waals surface area contributed by atoms with Gasteiger partial charge in [0.2, 0.25) is 0 Å². The summed E-state index contributed by atoms with van der Waals surface area (Å²) in [6.07, 6.45) is 3.96. The molecule has 83 valence electrons. The molecule has 2 heteroatoms. The molecule has 16 heavy (non-hydrogen) atoms. The highest BCUT2D eigenvalue weighted by Crippen LogP contribution is 2.14. The molecule has 0 unspecified atom stereocenters. The molecule has 0 aliphatic rings. The first-order valence-corrected chi connectivity index (χ1v) is 5.69. The van der Waals surface area contributed by atoms with Crippen LogP contribution in [0.25, 0.3) is 5.69 Å². The summed E-state index contributed by atoms with van der Waals surface area (Å²) in [6.45, 7) is 6.52. The van der Waals surface area contributed by atoms with E-state index in [-0.39, 0.29) is 0 Å². The van der Waals surface area contributed by atoms with Gasteiger partial charge in [-0.15, -0.1) is 0 Å². The van der Waals surface area contributed by atoms with Crippen LogP contribution in [-0.2, 0) is 6.42 Å². The molecule has 0 N–H and O–H groups in total. The molecule has 0 atom stereocenters. The number of benzene rings is 1. The SMILES string of the molecule is Cc1ccc(-n2n[c]cc2CC(C)C)cc1. The van der Waals surface area contributed by atoms with E-state index in [0.717, 1.165) is 12.1 Å². The third kappa shape index (κ3) is 2.32. The highest BCUT2D eigenvalue weighted by molar-refractivity contribution is 5.35. The van der Waals surface area contributed by atoms with Crippen LogP contribution in [0, 0.1) is 19.0 Å². The third-order valence-electron chi connectivity index (χ3n) is 2.56. The molecule has 0 aliphatic carbocycles. The van der Waals surface area contributed by atoms with Gasteiger partial charge in [0.15, 0.2) is 0 Å². The van der Waals surface area contributed by atoms with Gasteiger partial charge in [0.1, 0.15) is 6.20 Å². The molecule has 0 amide bonds. The fraction of sp³-hybridized carbons (Fsp3) is 0.357. The van der Waals surface area contributed by atoms with Gasteiger partial charge in [-0.3, -0.25) is 0 Å². The van der Waals surface area contributed by atoms with E-state index in [4.69, 9.17) is 0 Å². The Bertz CT molecular complexity index is 452. The molecular weight excluding hydrogens is 196 g/mol. The van der Waals surface area contributed by atoms with Gasteiger partial charge < -0.3 is 0 Å². The van der Waals surface area contributed by atoms with Crippen molar-refractivity contribution in [2.24, 2.45) is 5.92 Å². The van der Waals surface area contributed by atoms with Crippen LogP contribution in [0.2, 0.25) is 0 Å². The van der Waals surface area contributed by atoms with Crippen LogP contribution in [0.15, 0.2) is 30.3 Å². The Hall–Kier alpha value is -1.57. The molecule has 1 radical (unpaired) electrons. The fourth-order valence-corrected chi connectivity index (χ4v) is 1.76. The lowest BCUT2D eigenvalue weighted by molar-refractivity contribution is 0.616. The molecule has 2 aromatic rings. The van der Waals surface area contributed by atoms with Crippen molar-refractivity contribution in [3.05, 3.63) is 47.8 Å². The largest absolute Gasteiger partial charge is 0.237 e. The summed E-state index contributed by atoms with van der Waals surface area (Å²) in [4.78, 5) is 0. The zero-order valence-corrected chi connectivity index (χ0v) is 10.1. The first-order chi connectivity index (χ1) is 7.66. The second-order valence-electron chi connectivity index (χ2n) is 4.61.